The Labute approximate surface area is 125 Å². The number of nitrogens with one attached hydrogen (secondary N) is 1. The van der Waals surface area contributed by atoms with E-state index in [-0.39, 0.29) is 12.1 Å². The molecule has 1 fully saturated rings. The number of morpholine rings is 1. The Morgan fingerprint density at radius 2 is 1.81 bits per heavy atom. The lowest BCUT2D eigenvalue weighted by molar-refractivity contribution is 0.00235. The number of rotatable bonds is 4. The van der Waals surface area contributed by atoms with Crippen LogP contribution in [-0.2, 0) is 4.74 Å². The van der Waals surface area contributed by atoms with Crippen molar-refractivity contribution in [1.29, 1.82) is 0 Å². The van der Waals surface area contributed by atoms with Gasteiger partial charge in [-0.1, -0.05) is 42.5 Å². The fourth-order valence-corrected chi connectivity index (χ4v) is 2.64. The summed E-state index contributed by atoms with van der Waals surface area (Å²) in [5.74, 6) is 0.909. The van der Waals surface area contributed by atoms with Gasteiger partial charge in [0.25, 0.3) is 0 Å². The highest BCUT2D eigenvalue weighted by Crippen LogP contribution is 2.26. The van der Waals surface area contributed by atoms with Crippen molar-refractivity contribution in [1.82, 2.24) is 5.32 Å². The quantitative estimate of drug-likeness (QED) is 0.931. The standard InChI is InChI=1S/C18H21NO2/c1-2-20-16-10-8-15(9-11-16)18-12-19-17(13-21-18)14-6-4-3-5-7-14/h3-11,17-19H,2,12-13H2,1H3. The van der Waals surface area contributed by atoms with Crippen molar-refractivity contribution in [2.45, 2.75) is 19.1 Å². The molecule has 0 aromatic heterocycles. The van der Waals surface area contributed by atoms with Crippen LogP contribution < -0.4 is 10.1 Å². The molecule has 21 heavy (non-hydrogen) atoms. The topological polar surface area (TPSA) is 30.5 Å². The largest absolute Gasteiger partial charge is 0.494 e. The van der Waals surface area contributed by atoms with Crippen LogP contribution in [0.4, 0.5) is 0 Å². The van der Waals surface area contributed by atoms with Crippen LogP contribution in [0.1, 0.15) is 30.2 Å². The van der Waals surface area contributed by atoms with Crippen LogP contribution in [0.2, 0.25) is 0 Å². The Hall–Kier alpha value is -1.84. The van der Waals surface area contributed by atoms with Gasteiger partial charge in [0, 0.05) is 6.54 Å². The maximum absolute atomic E-state index is 6.03. The second-order valence-electron chi connectivity index (χ2n) is 5.20. The molecule has 0 radical (unpaired) electrons. The molecule has 1 saturated heterocycles. The molecule has 3 rings (SSSR count). The summed E-state index contributed by atoms with van der Waals surface area (Å²) in [6, 6.07) is 18.9. The van der Waals surface area contributed by atoms with Gasteiger partial charge in [-0.05, 0) is 30.2 Å². The third-order valence-corrected chi connectivity index (χ3v) is 3.78. The molecule has 3 nitrogen and oxygen atoms in total. The monoisotopic (exact) mass is 283 g/mol. The molecule has 1 N–H and O–H groups in total. The second-order valence-corrected chi connectivity index (χ2v) is 5.20. The predicted molar refractivity (Wildman–Crippen MR) is 83.5 cm³/mol. The van der Waals surface area contributed by atoms with E-state index in [4.69, 9.17) is 9.47 Å². The molecular weight excluding hydrogens is 262 g/mol. The summed E-state index contributed by atoms with van der Waals surface area (Å²) in [5, 5.41) is 3.57. The van der Waals surface area contributed by atoms with Crippen molar-refractivity contribution in [3.8, 4) is 5.75 Å². The van der Waals surface area contributed by atoms with E-state index >= 15 is 0 Å². The molecular formula is C18H21NO2. The van der Waals surface area contributed by atoms with Gasteiger partial charge in [0.1, 0.15) is 5.75 Å². The smallest absolute Gasteiger partial charge is 0.119 e. The van der Waals surface area contributed by atoms with Gasteiger partial charge in [0.05, 0.1) is 25.4 Å². The average Bonchev–Trinajstić information content (AvgIpc) is 2.57. The maximum Gasteiger partial charge on any atom is 0.119 e. The van der Waals surface area contributed by atoms with E-state index in [1.54, 1.807) is 0 Å². The summed E-state index contributed by atoms with van der Waals surface area (Å²) < 4.78 is 11.5. The van der Waals surface area contributed by atoms with Crippen molar-refractivity contribution in [2.75, 3.05) is 19.8 Å². The van der Waals surface area contributed by atoms with Crippen LogP contribution in [0.15, 0.2) is 54.6 Å². The molecule has 0 saturated carbocycles. The average molecular weight is 283 g/mol. The first kappa shape index (κ1) is 14.1. The molecule has 110 valence electrons. The number of hydrogen-bond donors (Lipinski definition) is 1. The van der Waals surface area contributed by atoms with E-state index in [0.717, 1.165) is 12.3 Å². The van der Waals surface area contributed by atoms with E-state index in [1.165, 1.54) is 11.1 Å². The Kier molecular flexibility index (Phi) is 4.53. The van der Waals surface area contributed by atoms with E-state index in [1.807, 2.05) is 25.1 Å². The van der Waals surface area contributed by atoms with E-state index in [0.29, 0.717) is 13.2 Å². The van der Waals surface area contributed by atoms with Gasteiger partial charge in [0.15, 0.2) is 0 Å². The molecule has 2 aromatic carbocycles. The summed E-state index contributed by atoms with van der Waals surface area (Å²) in [6.07, 6.45) is 0.112. The SMILES string of the molecule is CCOc1ccc(C2CNC(c3ccccc3)CO2)cc1. The molecule has 2 atom stereocenters. The molecule has 2 aromatic rings. The van der Waals surface area contributed by atoms with E-state index < -0.39 is 0 Å². The maximum atomic E-state index is 6.03. The molecule has 0 spiro atoms. The Bertz CT molecular complexity index is 545. The van der Waals surface area contributed by atoms with Gasteiger partial charge in [0.2, 0.25) is 0 Å². The van der Waals surface area contributed by atoms with Crippen molar-refractivity contribution >= 4 is 0 Å². The zero-order valence-electron chi connectivity index (χ0n) is 12.3. The highest BCUT2D eigenvalue weighted by Gasteiger charge is 2.23. The molecule has 0 amide bonds. The summed E-state index contributed by atoms with van der Waals surface area (Å²) in [4.78, 5) is 0. The Morgan fingerprint density at radius 1 is 1.05 bits per heavy atom. The first-order chi connectivity index (χ1) is 10.4. The van der Waals surface area contributed by atoms with Gasteiger partial charge >= 0.3 is 0 Å². The summed E-state index contributed by atoms with van der Waals surface area (Å²) in [6.45, 7) is 4.21. The fourth-order valence-electron chi connectivity index (χ4n) is 2.64. The van der Waals surface area contributed by atoms with Crippen molar-refractivity contribution in [2.24, 2.45) is 0 Å². The van der Waals surface area contributed by atoms with Gasteiger partial charge in [-0.3, -0.25) is 0 Å². The molecule has 3 heteroatoms. The van der Waals surface area contributed by atoms with E-state index in [9.17, 15) is 0 Å². The predicted octanol–water partition coefficient (Wildman–Crippen LogP) is 3.49. The molecule has 1 heterocycles. The lowest BCUT2D eigenvalue weighted by Crippen LogP contribution is -2.36. The fraction of sp³-hybridized carbons (Fsp3) is 0.333. The first-order valence-corrected chi connectivity index (χ1v) is 7.49. The van der Waals surface area contributed by atoms with Crippen molar-refractivity contribution in [3.05, 3.63) is 65.7 Å². The molecule has 1 aliphatic rings. The normalized spacial score (nSPS) is 22.0. The Morgan fingerprint density at radius 3 is 2.43 bits per heavy atom. The third-order valence-electron chi connectivity index (χ3n) is 3.78. The van der Waals surface area contributed by atoms with Crippen LogP contribution in [-0.4, -0.2) is 19.8 Å². The van der Waals surface area contributed by atoms with Crippen LogP contribution >= 0.6 is 0 Å². The second kappa shape index (κ2) is 6.74. The number of ether oxygens (including phenoxy) is 2. The minimum atomic E-state index is 0.112. The third kappa shape index (κ3) is 3.43. The number of benzene rings is 2. The van der Waals surface area contributed by atoms with Crippen LogP contribution in [0.5, 0.6) is 5.75 Å². The molecule has 2 unspecified atom stereocenters. The summed E-state index contributed by atoms with van der Waals surface area (Å²) in [5.41, 5.74) is 2.47. The minimum absolute atomic E-state index is 0.112. The van der Waals surface area contributed by atoms with Gasteiger partial charge in [-0.25, -0.2) is 0 Å². The highest BCUT2D eigenvalue weighted by molar-refractivity contribution is 5.29. The molecule has 0 bridgehead atoms. The highest BCUT2D eigenvalue weighted by atomic mass is 16.5. The van der Waals surface area contributed by atoms with Crippen LogP contribution in [0, 0.1) is 0 Å². The van der Waals surface area contributed by atoms with Crippen LogP contribution in [0.3, 0.4) is 0 Å². The van der Waals surface area contributed by atoms with Gasteiger partial charge in [-0.2, -0.15) is 0 Å². The lowest BCUT2D eigenvalue weighted by Gasteiger charge is -2.31. The van der Waals surface area contributed by atoms with Gasteiger partial charge < -0.3 is 14.8 Å². The van der Waals surface area contributed by atoms with Crippen LogP contribution in [0.25, 0.3) is 0 Å². The zero-order valence-corrected chi connectivity index (χ0v) is 12.3. The van der Waals surface area contributed by atoms with Gasteiger partial charge in [-0.15, -0.1) is 0 Å². The lowest BCUT2D eigenvalue weighted by atomic mass is 10.0. The minimum Gasteiger partial charge on any atom is -0.494 e. The van der Waals surface area contributed by atoms with Crippen molar-refractivity contribution in [3.63, 3.8) is 0 Å². The summed E-state index contributed by atoms with van der Waals surface area (Å²) >= 11 is 0. The summed E-state index contributed by atoms with van der Waals surface area (Å²) in [7, 11) is 0. The molecule has 0 aliphatic carbocycles. The van der Waals surface area contributed by atoms with Crippen molar-refractivity contribution < 1.29 is 9.47 Å². The zero-order chi connectivity index (χ0) is 14.5. The first-order valence-electron chi connectivity index (χ1n) is 7.49. The Balaban J connectivity index is 1.60. The number of hydrogen-bond acceptors (Lipinski definition) is 3. The van der Waals surface area contributed by atoms with E-state index in [2.05, 4.69) is 41.7 Å². The molecule has 1 aliphatic heterocycles.